The number of amides is 2. The van der Waals surface area contributed by atoms with E-state index in [1.54, 1.807) is 0 Å². The fourth-order valence-corrected chi connectivity index (χ4v) is 3.89. The minimum absolute atomic E-state index is 0.00458. The Morgan fingerprint density at radius 1 is 1.36 bits per heavy atom. The Labute approximate surface area is 162 Å². The summed E-state index contributed by atoms with van der Waals surface area (Å²) in [6.07, 6.45) is 4.46. The molecule has 8 heteroatoms. The summed E-state index contributed by atoms with van der Waals surface area (Å²) >= 11 is 0. The molecule has 2 atom stereocenters. The molecule has 1 aliphatic carbocycles. The first-order chi connectivity index (χ1) is 13.3. The summed E-state index contributed by atoms with van der Waals surface area (Å²) in [5.41, 5.74) is -0.0870. The number of benzene rings is 1. The lowest BCUT2D eigenvalue weighted by molar-refractivity contribution is -0.127. The zero-order chi connectivity index (χ0) is 20.3. The van der Waals surface area contributed by atoms with Gasteiger partial charge in [-0.25, -0.2) is 4.39 Å². The lowest BCUT2D eigenvalue weighted by Gasteiger charge is -2.29. The van der Waals surface area contributed by atoms with Crippen LogP contribution in [-0.2, 0) is 14.3 Å². The van der Waals surface area contributed by atoms with Crippen LogP contribution in [0, 0.1) is 11.2 Å². The van der Waals surface area contributed by atoms with Crippen molar-refractivity contribution in [3.63, 3.8) is 0 Å². The number of phenolic OH excluding ortho intramolecular Hbond substituents is 1. The van der Waals surface area contributed by atoms with Crippen molar-refractivity contribution in [2.24, 2.45) is 5.41 Å². The Hall–Kier alpha value is -2.48. The minimum Gasteiger partial charge on any atom is -0.505 e. The van der Waals surface area contributed by atoms with Gasteiger partial charge in [-0.05, 0) is 42.9 Å². The minimum atomic E-state index is -0.912. The average Bonchev–Trinajstić information content (AvgIpc) is 3.25. The average molecular weight is 392 g/mol. The van der Waals surface area contributed by atoms with Crippen molar-refractivity contribution in [1.29, 1.82) is 0 Å². The van der Waals surface area contributed by atoms with Crippen molar-refractivity contribution in [1.82, 2.24) is 10.6 Å². The van der Waals surface area contributed by atoms with Gasteiger partial charge in [-0.2, -0.15) is 0 Å². The second-order valence-corrected chi connectivity index (χ2v) is 7.96. The normalized spacial score (nSPS) is 22.1. The van der Waals surface area contributed by atoms with Gasteiger partial charge in [0.1, 0.15) is 18.7 Å². The van der Waals surface area contributed by atoms with E-state index < -0.39 is 35.5 Å². The molecule has 2 fully saturated rings. The number of halogens is 1. The monoisotopic (exact) mass is 392 g/mol. The number of hydrogen-bond acceptors (Lipinski definition) is 5. The highest BCUT2D eigenvalue weighted by molar-refractivity contribution is 5.99. The number of aromatic hydroxyl groups is 1. The Bertz CT molecular complexity index is 776. The van der Waals surface area contributed by atoms with E-state index in [1.807, 2.05) is 0 Å². The highest BCUT2D eigenvalue weighted by Gasteiger charge is 2.37. The van der Waals surface area contributed by atoms with Crippen LogP contribution in [0.3, 0.4) is 0 Å². The van der Waals surface area contributed by atoms with Crippen molar-refractivity contribution < 1.29 is 28.6 Å². The second-order valence-electron chi connectivity index (χ2n) is 7.96. The Morgan fingerprint density at radius 2 is 2.07 bits per heavy atom. The van der Waals surface area contributed by atoms with E-state index in [2.05, 4.69) is 17.6 Å². The number of ether oxygens (including phenoxy) is 1. The number of rotatable bonds is 6. The molecular weight excluding hydrogens is 367 g/mol. The lowest BCUT2D eigenvalue weighted by atomic mass is 9.81. The number of nitrogens with one attached hydrogen (secondary N) is 2. The molecule has 2 aliphatic rings. The fourth-order valence-electron chi connectivity index (χ4n) is 3.89. The Morgan fingerprint density at radius 3 is 2.68 bits per heavy atom. The molecule has 1 aromatic carbocycles. The molecule has 0 spiro atoms. The summed E-state index contributed by atoms with van der Waals surface area (Å²) < 4.78 is 18.6. The van der Waals surface area contributed by atoms with Crippen LogP contribution in [-0.4, -0.2) is 48.0 Å². The number of carbonyl (C=O) groups excluding carboxylic acids is 3. The van der Waals surface area contributed by atoms with Gasteiger partial charge in [-0.15, -0.1) is 0 Å². The number of hydrogen-bond donors (Lipinski definition) is 3. The molecule has 1 heterocycles. The van der Waals surface area contributed by atoms with Crippen LogP contribution < -0.4 is 10.6 Å². The quantitative estimate of drug-likeness (QED) is 0.683. The van der Waals surface area contributed by atoms with Crippen LogP contribution in [0.4, 0.5) is 4.39 Å². The zero-order valence-electron chi connectivity index (χ0n) is 15.8. The maximum atomic E-state index is 13.6. The molecule has 7 nitrogen and oxygen atoms in total. The van der Waals surface area contributed by atoms with Gasteiger partial charge in [-0.3, -0.25) is 14.4 Å². The van der Waals surface area contributed by atoms with Gasteiger partial charge < -0.3 is 20.5 Å². The third-order valence-electron chi connectivity index (χ3n) is 5.57. The molecule has 28 heavy (non-hydrogen) atoms. The van der Waals surface area contributed by atoms with Crippen LogP contribution in [0.5, 0.6) is 5.75 Å². The van der Waals surface area contributed by atoms with Gasteiger partial charge in [-0.1, -0.05) is 19.8 Å². The number of phenols is 1. The van der Waals surface area contributed by atoms with Gasteiger partial charge in [0.15, 0.2) is 17.3 Å². The fraction of sp³-hybridized carbons (Fsp3) is 0.550. The molecule has 0 bridgehead atoms. The molecule has 3 N–H and O–H groups in total. The van der Waals surface area contributed by atoms with Crippen LogP contribution in [0.1, 0.15) is 49.4 Å². The summed E-state index contributed by atoms with van der Waals surface area (Å²) in [4.78, 5) is 37.1. The first-order valence-electron chi connectivity index (χ1n) is 9.48. The smallest absolute Gasteiger partial charge is 0.252 e. The lowest BCUT2D eigenvalue weighted by Crippen LogP contribution is -2.52. The predicted octanol–water partition coefficient (Wildman–Crippen LogP) is 1.68. The third kappa shape index (κ3) is 4.67. The van der Waals surface area contributed by atoms with Gasteiger partial charge >= 0.3 is 0 Å². The zero-order valence-corrected chi connectivity index (χ0v) is 15.8. The van der Waals surface area contributed by atoms with Gasteiger partial charge in [0.2, 0.25) is 5.91 Å². The molecule has 0 aromatic heterocycles. The van der Waals surface area contributed by atoms with E-state index >= 15 is 0 Å². The van der Waals surface area contributed by atoms with E-state index in [0.29, 0.717) is 6.42 Å². The van der Waals surface area contributed by atoms with E-state index in [1.165, 1.54) is 6.07 Å². The summed E-state index contributed by atoms with van der Waals surface area (Å²) in [6, 6.07) is 1.72. The molecule has 1 aromatic rings. The van der Waals surface area contributed by atoms with Crippen molar-refractivity contribution in [2.75, 3.05) is 13.2 Å². The first-order valence-corrected chi connectivity index (χ1v) is 9.48. The molecule has 2 amide bonds. The molecule has 0 radical (unpaired) electrons. The van der Waals surface area contributed by atoms with Crippen LogP contribution >= 0.6 is 0 Å². The van der Waals surface area contributed by atoms with E-state index in [9.17, 15) is 23.9 Å². The summed E-state index contributed by atoms with van der Waals surface area (Å²) in [5, 5.41) is 14.6. The molecule has 3 rings (SSSR count). The maximum Gasteiger partial charge on any atom is 0.252 e. The first kappa shape index (κ1) is 20.3. The summed E-state index contributed by atoms with van der Waals surface area (Å²) in [5.74, 6) is -2.74. The number of ketones is 1. The van der Waals surface area contributed by atoms with Crippen molar-refractivity contribution in [2.45, 2.75) is 51.1 Å². The summed E-state index contributed by atoms with van der Waals surface area (Å²) in [6.45, 7) is 2.16. The van der Waals surface area contributed by atoms with Crippen molar-refractivity contribution in [3.8, 4) is 5.75 Å². The molecule has 1 aliphatic heterocycles. The van der Waals surface area contributed by atoms with Gasteiger partial charge in [0.25, 0.3) is 5.91 Å². The molecular formula is C20H25FN2O5. The van der Waals surface area contributed by atoms with Crippen molar-refractivity contribution >= 4 is 17.6 Å². The van der Waals surface area contributed by atoms with E-state index in [-0.39, 0.29) is 30.0 Å². The van der Waals surface area contributed by atoms with Crippen LogP contribution in [0.15, 0.2) is 18.2 Å². The highest BCUT2D eigenvalue weighted by Crippen LogP contribution is 2.41. The molecule has 1 saturated carbocycles. The number of Topliss-reactive ketones (excluding diaryl/α,β-unsaturated/α-hetero) is 1. The molecule has 0 unspecified atom stereocenters. The Kier molecular flexibility index (Phi) is 5.98. The SMILES string of the molecule is CC1(C[C@H](NC(=O)c2ccc(O)c(F)c2)C(=O)N[C@H]2COCC2=O)CCCC1. The topological polar surface area (TPSA) is 105 Å². The maximum absolute atomic E-state index is 13.6. The standard InChI is InChI=1S/C20H25FN2O5/c1-20(6-2-3-7-20)9-14(19(27)23-15-10-28-11-17(15)25)22-18(26)12-4-5-16(24)13(21)8-12/h4-5,8,14-15,24H,2-3,6-7,9-11H2,1H3,(H,22,26)(H,23,27)/t14-,15-/m0/s1. The van der Waals surface area contributed by atoms with Crippen LogP contribution in [0.25, 0.3) is 0 Å². The largest absolute Gasteiger partial charge is 0.505 e. The van der Waals surface area contributed by atoms with E-state index in [0.717, 1.165) is 37.8 Å². The van der Waals surface area contributed by atoms with Gasteiger partial charge in [0, 0.05) is 5.56 Å². The predicted molar refractivity (Wildman–Crippen MR) is 98.3 cm³/mol. The van der Waals surface area contributed by atoms with Gasteiger partial charge in [0.05, 0.1) is 6.61 Å². The van der Waals surface area contributed by atoms with Crippen LogP contribution in [0.2, 0.25) is 0 Å². The van der Waals surface area contributed by atoms with Crippen molar-refractivity contribution in [3.05, 3.63) is 29.6 Å². The summed E-state index contributed by atoms with van der Waals surface area (Å²) in [7, 11) is 0. The highest BCUT2D eigenvalue weighted by atomic mass is 19.1. The second kappa shape index (κ2) is 8.26. The number of carbonyl (C=O) groups is 3. The van der Waals surface area contributed by atoms with E-state index in [4.69, 9.17) is 4.74 Å². The Balaban J connectivity index is 1.74. The molecule has 152 valence electrons. The third-order valence-corrected chi connectivity index (χ3v) is 5.57. The molecule has 1 saturated heterocycles.